The summed E-state index contributed by atoms with van der Waals surface area (Å²) in [5.41, 5.74) is -0.960. The summed E-state index contributed by atoms with van der Waals surface area (Å²) in [5, 5.41) is 19.4. The molecule has 1 aromatic carbocycles. The van der Waals surface area contributed by atoms with Gasteiger partial charge in [-0.3, -0.25) is 0 Å². The Morgan fingerprint density at radius 1 is 1.28 bits per heavy atom. The van der Waals surface area contributed by atoms with Crippen LogP contribution in [-0.2, 0) is 10.4 Å². The minimum Gasteiger partial charge on any atom is -0.493 e. The molecule has 0 radical (unpaired) electrons. The maximum atomic E-state index is 11.2. The molecule has 5 heteroatoms. The number of carboxylic acids is 1. The van der Waals surface area contributed by atoms with Gasteiger partial charge in [0.15, 0.2) is 17.1 Å². The Labute approximate surface area is 106 Å². The zero-order valence-electron chi connectivity index (χ0n) is 11.0. The Bertz CT molecular complexity index is 455. The van der Waals surface area contributed by atoms with E-state index in [1.54, 1.807) is 19.9 Å². The highest BCUT2D eigenvalue weighted by molar-refractivity contribution is 5.80. The molecule has 1 atom stereocenters. The van der Waals surface area contributed by atoms with Gasteiger partial charge in [-0.15, -0.1) is 0 Å². The molecule has 0 aromatic heterocycles. The molecule has 0 amide bonds. The maximum Gasteiger partial charge on any atom is 0.340 e. The quantitative estimate of drug-likeness (QED) is 0.836. The Kier molecular flexibility index (Phi) is 4.19. The molecule has 0 heterocycles. The molecule has 0 aliphatic rings. The van der Waals surface area contributed by atoms with Crippen LogP contribution in [0, 0.1) is 6.92 Å². The first kappa shape index (κ1) is 14.3. The van der Waals surface area contributed by atoms with Crippen molar-refractivity contribution in [3.8, 4) is 11.5 Å². The summed E-state index contributed by atoms with van der Waals surface area (Å²) in [6.45, 7) is 3.34. The lowest BCUT2D eigenvalue weighted by Gasteiger charge is -2.25. The zero-order chi connectivity index (χ0) is 13.9. The van der Waals surface area contributed by atoms with Crippen LogP contribution in [-0.4, -0.2) is 30.4 Å². The van der Waals surface area contributed by atoms with Crippen molar-refractivity contribution in [3.05, 3.63) is 23.3 Å². The van der Waals surface area contributed by atoms with E-state index in [1.807, 2.05) is 0 Å². The van der Waals surface area contributed by atoms with Crippen LogP contribution in [0.2, 0.25) is 0 Å². The van der Waals surface area contributed by atoms with Crippen molar-refractivity contribution in [2.24, 2.45) is 0 Å². The van der Waals surface area contributed by atoms with E-state index < -0.39 is 11.6 Å². The Morgan fingerprint density at radius 3 is 2.17 bits per heavy atom. The Morgan fingerprint density at radius 2 is 1.78 bits per heavy atom. The normalized spacial score (nSPS) is 13.8. The molecular formula is C13H18O5. The molecule has 1 unspecified atom stereocenters. The third-order valence-electron chi connectivity index (χ3n) is 3.04. The van der Waals surface area contributed by atoms with Gasteiger partial charge in [0.05, 0.1) is 14.2 Å². The highest BCUT2D eigenvalue weighted by atomic mass is 16.5. The molecule has 1 rings (SSSR count). The molecule has 1 aromatic rings. The van der Waals surface area contributed by atoms with Crippen LogP contribution in [0.4, 0.5) is 0 Å². The number of aliphatic hydroxyl groups is 1. The molecule has 0 spiro atoms. The van der Waals surface area contributed by atoms with Crippen LogP contribution < -0.4 is 9.47 Å². The first-order valence-electron chi connectivity index (χ1n) is 5.59. The van der Waals surface area contributed by atoms with Crippen LogP contribution in [0.1, 0.15) is 24.5 Å². The van der Waals surface area contributed by atoms with Crippen molar-refractivity contribution in [1.29, 1.82) is 0 Å². The van der Waals surface area contributed by atoms with Gasteiger partial charge in [-0.2, -0.15) is 0 Å². The molecular weight excluding hydrogens is 236 g/mol. The third-order valence-corrected chi connectivity index (χ3v) is 3.04. The molecule has 0 bridgehead atoms. The highest BCUT2D eigenvalue weighted by Crippen LogP contribution is 2.36. The second kappa shape index (κ2) is 5.27. The predicted octanol–water partition coefficient (Wildman–Crippen LogP) is 1.69. The molecule has 18 heavy (non-hydrogen) atoms. The summed E-state index contributed by atoms with van der Waals surface area (Å²) in [6, 6.07) is 3.16. The topological polar surface area (TPSA) is 76.0 Å². The van der Waals surface area contributed by atoms with Gasteiger partial charge in [-0.1, -0.05) is 6.92 Å². The van der Waals surface area contributed by atoms with Gasteiger partial charge in [-0.05, 0) is 31.0 Å². The van der Waals surface area contributed by atoms with E-state index in [-0.39, 0.29) is 6.42 Å². The van der Waals surface area contributed by atoms with Crippen molar-refractivity contribution in [3.63, 3.8) is 0 Å². The number of methoxy groups -OCH3 is 2. The van der Waals surface area contributed by atoms with Crippen LogP contribution in [0.25, 0.3) is 0 Å². The zero-order valence-corrected chi connectivity index (χ0v) is 11.0. The molecule has 0 fully saturated rings. The summed E-state index contributed by atoms with van der Waals surface area (Å²) < 4.78 is 10.2. The first-order valence-corrected chi connectivity index (χ1v) is 5.59. The molecule has 0 aliphatic heterocycles. The molecule has 0 aliphatic carbocycles. The van der Waals surface area contributed by atoms with Crippen molar-refractivity contribution in [2.75, 3.05) is 14.2 Å². The number of ether oxygens (including phenoxy) is 2. The number of carbonyl (C=O) groups is 1. The minimum atomic E-state index is -1.91. The molecule has 2 N–H and O–H groups in total. The van der Waals surface area contributed by atoms with E-state index in [9.17, 15) is 15.0 Å². The Hall–Kier alpha value is -1.75. The number of hydrogen-bond acceptors (Lipinski definition) is 4. The van der Waals surface area contributed by atoms with E-state index in [0.29, 0.717) is 22.6 Å². The summed E-state index contributed by atoms with van der Waals surface area (Å²) in [4.78, 5) is 11.2. The fourth-order valence-electron chi connectivity index (χ4n) is 1.88. The predicted molar refractivity (Wildman–Crippen MR) is 66.1 cm³/mol. The van der Waals surface area contributed by atoms with Gasteiger partial charge in [-0.25, -0.2) is 4.79 Å². The summed E-state index contributed by atoms with van der Waals surface area (Å²) in [5.74, 6) is -0.380. The average molecular weight is 254 g/mol. The van der Waals surface area contributed by atoms with E-state index in [1.165, 1.54) is 20.3 Å². The fraction of sp³-hybridized carbons (Fsp3) is 0.462. The van der Waals surface area contributed by atoms with Crippen molar-refractivity contribution < 1.29 is 24.5 Å². The van der Waals surface area contributed by atoms with Crippen LogP contribution in [0.5, 0.6) is 11.5 Å². The van der Waals surface area contributed by atoms with Gasteiger partial charge in [0.1, 0.15) is 0 Å². The van der Waals surface area contributed by atoms with Gasteiger partial charge in [0.25, 0.3) is 0 Å². The van der Waals surface area contributed by atoms with E-state index >= 15 is 0 Å². The Balaban J connectivity index is 3.45. The molecule has 100 valence electrons. The van der Waals surface area contributed by atoms with Crippen LogP contribution in [0.3, 0.4) is 0 Å². The monoisotopic (exact) mass is 254 g/mol. The maximum absolute atomic E-state index is 11.2. The molecule has 0 saturated carbocycles. The summed E-state index contributed by atoms with van der Waals surface area (Å²) in [6.07, 6.45) is 0.0681. The second-order valence-corrected chi connectivity index (χ2v) is 4.04. The van der Waals surface area contributed by atoms with E-state index in [4.69, 9.17) is 9.47 Å². The molecule has 0 saturated heterocycles. The lowest BCUT2D eigenvalue weighted by molar-refractivity contribution is -0.160. The smallest absolute Gasteiger partial charge is 0.340 e. The minimum absolute atomic E-state index is 0.0681. The average Bonchev–Trinajstić information content (AvgIpc) is 2.37. The van der Waals surface area contributed by atoms with Crippen LogP contribution in [0.15, 0.2) is 12.1 Å². The lowest BCUT2D eigenvalue weighted by atomic mass is 9.87. The largest absolute Gasteiger partial charge is 0.493 e. The second-order valence-electron chi connectivity index (χ2n) is 4.04. The first-order chi connectivity index (χ1) is 8.40. The number of aryl methyl sites for hydroxylation is 1. The highest BCUT2D eigenvalue weighted by Gasteiger charge is 2.38. The number of carboxylic acid groups (broad SMARTS) is 1. The number of rotatable bonds is 5. The SMILES string of the molecule is CCC(O)(C(=O)O)c1cc(OC)c(OC)cc1C. The number of aliphatic carboxylic acids is 1. The lowest BCUT2D eigenvalue weighted by Crippen LogP contribution is -2.35. The van der Waals surface area contributed by atoms with Gasteiger partial charge < -0.3 is 19.7 Å². The number of hydrogen-bond donors (Lipinski definition) is 2. The standard InChI is InChI=1S/C13H18O5/c1-5-13(16,12(14)15)9-7-11(18-4)10(17-3)6-8(9)2/h6-7,16H,5H2,1-4H3,(H,14,15). The fourth-order valence-corrected chi connectivity index (χ4v) is 1.88. The molecule has 5 nitrogen and oxygen atoms in total. The van der Waals surface area contributed by atoms with E-state index in [2.05, 4.69) is 0 Å². The number of benzene rings is 1. The van der Waals surface area contributed by atoms with Crippen LogP contribution >= 0.6 is 0 Å². The van der Waals surface area contributed by atoms with Crippen molar-refractivity contribution >= 4 is 5.97 Å². The van der Waals surface area contributed by atoms with Crippen molar-refractivity contribution in [1.82, 2.24) is 0 Å². The van der Waals surface area contributed by atoms with Gasteiger partial charge in [0, 0.05) is 5.56 Å². The summed E-state index contributed by atoms with van der Waals surface area (Å²) in [7, 11) is 2.96. The third kappa shape index (κ3) is 2.26. The van der Waals surface area contributed by atoms with E-state index in [0.717, 1.165) is 0 Å². The van der Waals surface area contributed by atoms with Gasteiger partial charge in [0.2, 0.25) is 0 Å². The summed E-state index contributed by atoms with van der Waals surface area (Å²) >= 11 is 0. The van der Waals surface area contributed by atoms with Gasteiger partial charge >= 0.3 is 5.97 Å². The van der Waals surface area contributed by atoms with Crippen molar-refractivity contribution in [2.45, 2.75) is 25.9 Å².